The van der Waals surface area contributed by atoms with Gasteiger partial charge >= 0.3 is 0 Å². The molecule has 2 fully saturated rings. The zero-order chi connectivity index (χ0) is 35.8. The van der Waals surface area contributed by atoms with Crippen LogP contribution in [0.15, 0.2) is 46.4 Å². The van der Waals surface area contributed by atoms with E-state index < -0.39 is 41.9 Å². The van der Waals surface area contributed by atoms with Crippen molar-refractivity contribution in [3.8, 4) is 5.75 Å². The van der Waals surface area contributed by atoms with Crippen LogP contribution in [0.3, 0.4) is 0 Å². The number of nitrogens with zero attached hydrogens (tertiary/aromatic N) is 2. The van der Waals surface area contributed by atoms with Gasteiger partial charge in [0.1, 0.15) is 29.9 Å². The van der Waals surface area contributed by atoms with Crippen molar-refractivity contribution in [3.05, 3.63) is 41.4 Å². The van der Waals surface area contributed by atoms with E-state index in [-0.39, 0.29) is 49.5 Å². The molecule has 1 aliphatic heterocycles. The zero-order valence-electron chi connectivity index (χ0n) is 28.0. The third-order valence-corrected chi connectivity index (χ3v) is 9.31. The first-order valence-corrected chi connectivity index (χ1v) is 17.8. The predicted octanol–water partition coefficient (Wildman–Crippen LogP) is 1.75. The first-order valence-electron chi connectivity index (χ1n) is 17.0. The molecule has 49 heavy (non-hydrogen) atoms. The number of benzene rings is 1. The molecule has 1 saturated carbocycles. The average Bonchev–Trinajstić information content (AvgIpc) is 3.57. The number of rotatable bonds is 19. The van der Waals surface area contributed by atoms with Crippen LogP contribution in [0.5, 0.6) is 5.75 Å². The minimum absolute atomic E-state index is 0.0819. The molecule has 1 aliphatic carbocycles. The maximum Gasteiger partial charge on any atom is 0.243 e. The quantitative estimate of drug-likeness (QED) is 0.0528. The van der Waals surface area contributed by atoms with Crippen molar-refractivity contribution in [3.63, 3.8) is 0 Å². The number of hydrogen-bond donors (Lipinski definition) is 6. The molecule has 0 aromatic heterocycles. The number of guanidine groups is 1. The maximum absolute atomic E-state index is 13.8. The van der Waals surface area contributed by atoms with Gasteiger partial charge in [0.05, 0.1) is 6.61 Å². The molecule has 14 nitrogen and oxygen atoms in total. The highest BCUT2D eigenvalue weighted by atomic mass is 79.9. The van der Waals surface area contributed by atoms with Crippen LogP contribution in [0.2, 0.25) is 0 Å². The lowest BCUT2D eigenvalue weighted by Gasteiger charge is -2.33. The highest BCUT2D eigenvalue weighted by Gasteiger charge is 2.39. The van der Waals surface area contributed by atoms with Crippen LogP contribution in [-0.4, -0.2) is 84.3 Å². The monoisotopic (exact) mass is 746 g/mol. The van der Waals surface area contributed by atoms with Crippen molar-refractivity contribution in [1.82, 2.24) is 20.9 Å². The second-order valence-electron chi connectivity index (χ2n) is 12.5. The summed E-state index contributed by atoms with van der Waals surface area (Å²) in [5, 5.41) is 8.36. The topological polar surface area (TPSA) is 224 Å². The number of amides is 5. The molecule has 0 radical (unpaired) electrons. The van der Waals surface area contributed by atoms with Gasteiger partial charge in [-0.3, -0.25) is 29.0 Å². The summed E-state index contributed by atoms with van der Waals surface area (Å²) >= 11 is 3.41. The molecule has 1 saturated heterocycles. The van der Waals surface area contributed by atoms with Crippen molar-refractivity contribution in [2.45, 2.75) is 101 Å². The molecular formula is C34H51BrN8O6. The Kier molecular flexibility index (Phi) is 16.4. The smallest absolute Gasteiger partial charge is 0.243 e. The van der Waals surface area contributed by atoms with Crippen LogP contribution >= 0.6 is 15.9 Å². The third kappa shape index (κ3) is 13.0. The summed E-state index contributed by atoms with van der Waals surface area (Å²) in [7, 11) is 0. The van der Waals surface area contributed by atoms with Gasteiger partial charge in [0, 0.05) is 24.0 Å². The van der Waals surface area contributed by atoms with Crippen LogP contribution in [0.25, 0.3) is 0 Å². The van der Waals surface area contributed by atoms with Gasteiger partial charge < -0.3 is 42.8 Å². The number of hydrogen-bond acceptors (Lipinski definition) is 7. The molecule has 1 aromatic rings. The Morgan fingerprint density at radius 2 is 1.71 bits per heavy atom. The summed E-state index contributed by atoms with van der Waals surface area (Å²) in [6.45, 7) is 4.77. The minimum atomic E-state index is -1.06. The van der Waals surface area contributed by atoms with Gasteiger partial charge in [-0.25, -0.2) is 0 Å². The highest BCUT2D eigenvalue weighted by molar-refractivity contribution is 9.10. The Morgan fingerprint density at radius 1 is 0.980 bits per heavy atom. The van der Waals surface area contributed by atoms with Crippen LogP contribution in [-0.2, 0) is 24.0 Å². The minimum Gasteiger partial charge on any atom is -0.494 e. The van der Waals surface area contributed by atoms with Crippen LogP contribution in [0.1, 0.15) is 77.0 Å². The summed E-state index contributed by atoms with van der Waals surface area (Å²) in [5.74, 6) is -1.90. The second kappa shape index (κ2) is 20.4. The van der Waals surface area contributed by atoms with Crippen molar-refractivity contribution < 1.29 is 28.7 Å². The fraction of sp³-hybridized carbons (Fsp3) is 0.588. The number of ether oxygens (including phenoxy) is 1. The number of aliphatic imine (C=N–C) groups is 1. The molecule has 1 aromatic carbocycles. The number of nitrogens with one attached hydrogen (secondary N) is 3. The van der Waals surface area contributed by atoms with Gasteiger partial charge in [-0.1, -0.05) is 47.3 Å². The lowest BCUT2D eigenvalue weighted by atomic mass is 9.83. The first kappa shape index (κ1) is 39.3. The molecule has 1 heterocycles. The largest absolute Gasteiger partial charge is 0.494 e. The van der Waals surface area contributed by atoms with Crippen molar-refractivity contribution in [2.75, 3.05) is 19.7 Å². The molecule has 5 amide bonds. The van der Waals surface area contributed by atoms with Gasteiger partial charge in [0.25, 0.3) is 0 Å². The Bertz CT molecular complexity index is 1330. The molecule has 4 atom stereocenters. The molecule has 9 N–H and O–H groups in total. The molecule has 0 bridgehead atoms. The van der Waals surface area contributed by atoms with E-state index in [0.29, 0.717) is 44.6 Å². The van der Waals surface area contributed by atoms with E-state index in [0.717, 1.165) is 36.6 Å². The molecule has 270 valence electrons. The fourth-order valence-electron chi connectivity index (χ4n) is 6.29. The Morgan fingerprint density at radius 3 is 2.39 bits per heavy atom. The molecule has 4 unspecified atom stereocenters. The van der Waals surface area contributed by atoms with E-state index in [1.165, 1.54) is 6.08 Å². The van der Waals surface area contributed by atoms with Gasteiger partial charge in [-0.2, -0.15) is 0 Å². The number of carbonyl (C=O) groups is 5. The zero-order valence-corrected chi connectivity index (χ0v) is 29.6. The Labute approximate surface area is 296 Å². The van der Waals surface area contributed by atoms with Crippen LogP contribution < -0.4 is 37.9 Å². The van der Waals surface area contributed by atoms with E-state index >= 15 is 0 Å². The van der Waals surface area contributed by atoms with Crippen molar-refractivity contribution >= 4 is 51.4 Å². The van der Waals surface area contributed by atoms with Crippen molar-refractivity contribution in [1.29, 1.82) is 0 Å². The summed E-state index contributed by atoms with van der Waals surface area (Å²) in [4.78, 5) is 71.6. The lowest BCUT2D eigenvalue weighted by molar-refractivity contribution is -0.140. The number of carbonyl (C=O) groups excluding carboxylic acids is 5. The number of halogens is 1. The van der Waals surface area contributed by atoms with Gasteiger partial charge in [0.2, 0.25) is 29.5 Å². The number of likely N-dealkylation sites (tertiary alicyclic amines) is 1. The molecule has 3 rings (SSSR count). The standard InChI is InChI=1S/C34H51BrN8O6/c1-2-10-26(31(46)40-25(30(36)45)15-7-18-39-34(37)38)41-33(48)29(22-11-4-3-5-12-22)42-32(47)27-16-8-19-43(27)28(44)17-9-20-49-24-14-6-13-23(35)21-24/h2,6,13-14,21-22,25-27,29H,1,3-5,7-12,15-20H2,(H2,36,45)(H,40,46)(H,41,48)(H,42,47)(H4,37,38,39). The van der Waals surface area contributed by atoms with Gasteiger partial charge in [0.15, 0.2) is 5.96 Å². The summed E-state index contributed by atoms with van der Waals surface area (Å²) in [6, 6.07) is 3.80. The summed E-state index contributed by atoms with van der Waals surface area (Å²) in [5.41, 5.74) is 16.2. The average molecular weight is 748 g/mol. The van der Waals surface area contributed by atoms with E-state index in [9.17, 15) is 24.0 Å². The molecular weight excluding hydrogens is 696 g/mol. The van der Waals surface area contributed by atoms with Gasteiger partial charge in [-0.15, -0.1) is 6.58 Å². The first-order chi connectivity index (χ1) is 23.5. The van der Waals surface area contributed by atoms with Crippen LogP contribution in [0, 0.1) is 5.92 Å². The van der Waals surface area contributed by atoms with E-state index in [1.807, 2.05) is 24.3 Å². The summed E-state index contributed by atoms with van der Waals surface area (Å²) < 4.78 is 6.65. The summed E-state index contributed by atoms with van der Waals surface area (Å²) in [6.07, 6.45) is 8.37. The van der Waals surface area contributed by atoms with Crippen LogP contribution in [0.4, 0.5) is 0 Å². The normalized spacial score (nSPS) is 18.0. The van der Waals surface area contributed by atoms with Crippen molar-refractivity contribution in [2.24, 2.45) is 28.1 Å². The second-order valence-corrected chi connectivity index (χ2v) is 13.5. The molecule has 15 heteroatoms. The number of nitrogens with two attached hydrogens (primary N) is 3. The third-order valence-electron chi connectivity index (χ3n) is 8.82. The SMILES string of the molecule is C=CCC(NC(=O)C(NC(=O)C1CCCN1C(=O)CCCOc1cccc(Br)c1)C1CCCCC1)C(=O)NC(CCCN=C(N)N)C(N)=O. The molecule has 2 aliphatic rings. The van der Waals surface area contributed by atoms with Gasteiger partial charge in [-0.05, 0) is 75.5 Å². The Hall–Kier alpha value is -4.14. The Balaban J connectivity index is 1.63. The maximum atomic E-state index is 13.8. The van der Waals surface area contributed by atoms with E-state index in [4.69, 9.17) is 21.9 Å². The van der Waals surface area contributed by atoms with E-state index in [1.54, 1.807) is 4.90 Å². The predicted molar refractivity (Wildman–Crippen MR) is 190 cm³/mol. The lowest BCUT2D eigenvalue weighted by Crippen LogP contribution is -2.59. The molecule has 0 spiro atoms. The van der Waals surface area contributed by atoms with E-state index in [2.05, 4.69) is 43.5 Å². The highest BCUT2D eigenvalue weighted by Crippen LogP contribution is 2.28. The number of primary amides is 1. The fourth-order valence-corrected chi connectivity index (χ4v) is 6.67.